The van der Waals surface area contributed by atoms with Gasteiger partial charge in [-0.25, -0.2) is 0 Å². The number of rotatable bonds is 6. The molecule has 0 aromatic heterocycles. The molecule has 0 aliphatic heterocycles. The van der Waals surface area contributed by atoms with Crippen molar-refractivity contribution in [1.29, 1.82) is 0 Å². The first-order chi connectivity index (χ1) is 12.5. The zero-order valence-corrected chi connectivity index (χ0v) is 16.0. The summed E-state index contributed by atoms with van der Waals surface area (Å²) in [6.45, 7) is 4.45. The number of hydrogen-bond acceptors (Lipinski definition) is 5. The minimum Gasteiger partial charge on any atom is -0.497 e. The highest BCUT2D eigenvalue weighted by molar-refractivity contribution is 6.07. The number of carbonyl (C=O) groups is 3. The summed E-state index contributed by atoms with van der Waals surface area (Å²) in [5.74, 6) is -4.22. The van der Waals surface area contributed by atoms with Crippen LogP contribution in [-0.4, -0.2) is 45.8 Å². The number of methoxy groups -OCH3 is 1. The maximum Gasteiger partial charge on any atom is 0.317 e. The Morgan fingerprint density at radius 2 is 1.81 bits per heavy atom. The van der Waals surface area contributed by atoms with E-state index in [1.165, 1.54) is 14.0 Å². The van der Waals surface area contributed by atoms with Crippen molar-refractivity contribution in [3.63, 3.8) is 0 Å². The fraction of sp³-hybridized carbons (Fsp3) is 0.550. The third-order valence-corrected chi connectivity index (χ3v) is 6.25. The van der Waals surface area contributed by atoms with E-state index in [0.717, 1.165) is 0 Å². The highest BCUT2D eigenvalue weighted by Crippen LogP contribution is 2.62. The molecule has 0 heterocycles. The number of carboxylic acid groups (broad SMARTS) is 2. The van der Waals surface area contributed by atoms with Gasteiger partial charge in [-0.2, -0.15) is 0 Å². The van der Waals surface area contributed by atoms with E-state index in [9.17, 15) is 29.7 Å². The van der Waals surface area contributed by atoms with E-state index in [-0.39, 0.29) is 12.8 Å². The molecule has 4 unspecified atom stereocenters. The quantitative estimate of drug-likeness (QED) is 0.650. The zero-order valence-electron chi connectivity index (χ0n) is 16.0. The molecule has 1 aliphatic rings. The van der Waals surface area contributed by atoms with E-state index >= 15 is 0 Å². The Morgan fingerprint density at radius 3 is 2.26 bits per heavy atom. The summed E-state index contributed by atoms with van der Waals surface area (Å²) >= 11 is 0. The van der Waals surface area contributed by atoms with Gasteiger partial charge in [0.15, 0.2) is 5.78 Å². The van der Waals surface area contributed by atoms with Crippen molar-refractivity contribution < 1.29 is 34.4 Å². The van der Waals surface area contributed by atoms with Gasteiger partial charge in [-0.05, 0) is 37.5 Å². The molecule has 2 rings (SSSR count). The monoisotopic (exact) mass is 378 g/mol. The molecule has 7 heteroatoms. The van der Waals surface area contributed by atoms with Crippen LogP contribution < -0.4 is 4.74 Å². The standard InChI is InChI=1S/C20H26O7/c1-5-19(16(22)23)14(21)11-18(3,26)20(6-2,17(24)25)15(19)12-8-7-9-13(10-12)27-4/h7-10,15,26H,5-6,11H2,1-4H3,(H,22,23)(H,24,25). The summed E-state index contributed by atoms with van der Waals surface area (Å²) in [6, 6.07) is 6.39. The molecule has 27 heavy (non-hydrogen) atoms. The second-order valence-corrected chi connectivity index (χ2v) is 7.34. The van der Waals surface area contributed by atoms with Crippen molar-refractivity contribution in [2.75, 3.05) is 7.11 Å². The third kappa shape index (κ3) is 2.72. The van der Waals surface area contributed by atoms with Crippen LogP contribution in [-0.2, 0) is 14.4 Å². The van der Waals surface area contributed by atoms with Crippen LogP contribution in [0.15, 0.2) is 24.3 Å². The number of carboxylic acids is 2. The molecule has 0 bridgehead atoms. The lowest BCUT2D eigenvalue weighted by molar-refractivity contribution is -0.199. The second kappa shape index (κ2) is 6.96. The molecule has 1 aromatic rings. The lowest BCUT2D eigenvalue weighted by atomic mass is 9.45. The first-order valence-corrected chi connectivity index (χ1v) is 8.91. The lowest BCUT2D eigenvalue weighted by Gasteiger charge is -2.56. The maximum absolute atomic E-state index is 13.0. The zero-order chi connectivity index (χ0) is 20.6. The highest BCUT2D eigenvalue weighted by atomic mass is 16.5. The first-order valence-electron chi connectivity index (χ1n) is 8.91. The van der Waals surface area contributed by atoms with E-state index < -0.39 is 46.5 Å². The van der Waals surface area contributed by atoms with Gasteiger partial charge in [0.25, 0.3) is 0 Å². The largest absolute Gasteiger partial charge is 0.497 e. The van der Waals surface area contributed by atoms with Gasteiger partial charge in [-0.15, -0.1) is 0 Å². The molecule has 0 amide bonds. The summed E-state index contributed by atoms with van der Waals surface area (Å²) in [7, 11) is 1.44. The maximum atomic E-state index is 13.0. The number of benzene rings is 1. The van der Waals surface area contributed by atoms with Gasteiger partial charge in [-0.1, -0.05) is 26.0 Å². The fourth-order valence-electron chi connectivity index (χ4n) is 4.80. The molecule has 1 fully saturated rings. The van der Waals surface area contributed by atoms with Crippen molar-refractivity contribution in [1.82, 2.24) is 0 Å². The average molecular weight is 378 g/mol. The molecule has 3 N–H and O–H groups in total. The van der Waals surface area contributed by atoms with E-state index in [0.29, 0.717) is 11.3 Å². The minimum atomic E-state index is -1.96. The van der Waals surface area contributed by atoms with Crippen LogP contribution in [0, 0.1) is 10.8 Å². The van der Waals surface area contributed by atoms with Crippen molar-refractivity contribution in [3.8, 4) is 5.75 Å². The summed E-state index contributed by atoms with van der Waals surface area (Å²) in [6.07, 6.45) is -0.665. The smallest absolute Gasteiger partial charge is 0.317 e. The van der Waals surface area contributed by atoms with E-state index in [1.54, 1.807) is 38.1 Å². The molecule has 1 aliphatic carbocycles. The van der Waals surface area contributed by atoms with Gasteiger partial charge in [-0.3, -0.25) is 14.4 Å². The fourth-order valence-corrected chi connectivity index (χ4v) is 4.80. The molecule has 4 atom stereocenters. The van der Waals surface area contributed by atoms with Crippen molar-refractivity contribution >= 4 is 17.7 Å². The predicted octanol–water partition coefficient (Wildman–Crippen LogP) is 2.46. The lowest BCUT2D eigenvalue weighted by Crippen LogP contribution is -2.67. The Hall–Kier alpha value is -2.41. The second-order valence-electron chi connectivity index (χ2n) is 7.34. The molecule has 148 valence electrons. The molecule has 0 spiro atoms. The van der Waals surface area contributed by atoms with Crippen LogP contribution in [0.2, 0.25) is 0 Å². The number of ketones is 1. The van der Waals surface area contributed by atoms with Crippen molar-refractivity contribution in [2.24, 2.45) is 10.8 Å². The normalized spacial score (nSPS) is 33.5. The number of aliphatic carboxylic acids is 2. The Balaban J connectivity index is 2.96. The minimum absolute atomic E-state index is 0.0421. The van der Waals surface area contributed by atoms with Crippen LogP contribution in [0.25, 0.3) is 0 Å². The summed E-state index contributed by atoms with van der Waals surface area (Å²) in [5, 5.41) is 31.3. The topological polar surface area (TPSA) is 121 Å². The van der Waals surface area contributed by atoms with Gasteiger partial charge in [0.1, 0.15) is 16.6 Å². The van der Waals surface area contributed by atoms with Crippen LogP contribution in [0.1, 0.15) is 51.5 Å². The van der Waals surface area contributed by atoms with Crippen molar-refractivity contribution in [3.05, 3.63) is 29.8 Å². The number of aliphatic hydroxyl groups is 1. The number of Topliss-reactive ketones (excluding diaryl/α,β-unsaturated/α-hetero) is 1. The summed E-state index contributed by atoms with van der Waals surface area (Å²) in [4.78, 5) is 37.9. The van der Waals surface area contributed by atoms with Crippen LogP contribution in [0.5, 0.6) is 5.75 Å². The molecule has 0 saturated heterocycles. The third-order valence-electron chi connectivity index (χ3n) is 6.25. The number of hydrogen-bond donors (Lipinski definition) is 3. The summed E-state index contributed by atoms with van der Waals surface area (Å²) < 4.78 is 5.21. The summed E-state index contributed by atoms with van der Waals surface area (Å²) in [5.41, 5.74) is -5.38. The number of ether oxygens (including phenoxy) is 1. The first kappa shape index (κ1) is 20.9. The van der Waals surface area contributed by atoms with Crippen molar-refractivity contribution in [2.45, 2.75) is 51.6 Å². The van der Waals surface area contributed by atoms with Crippen LogP contribution in [0.3, 0.4) is 0 Å². The van der Waals surface area contributed by atoms with Gasteiger partial charge in [0.2, 0.25) is 0 Å². The molecular formula is C20H26O7. The molecule has 1 aromatic carbocycles. The predicted molar refractivity (Wildman–Crippen MR) is 96.7 cm³/mol. The Bertz CT molecular complexity index is 769. The Kier molecular flexibility index (Phi) is 5.39. The van der Waals surface area contributed by atoms with Gasteiger partial charge in [0.05, 0.1) is 12.7 Å². The Morgan fingerprint density at radius 1 is 1.19 bits per heavy atom. The van der Waals surface area contributed by atoms with E-state index in [4.69, 9.17) is 4.74 Å². The molecule has 0 radical (unpaired) electrons. The average Bonchev–Trinajstić information content (AvgIpc) is 2.60. The van der Waals surface area contributed by atoms with Gasteiger partial charge >= 0.3 is 11.9 Å². The molecule has 7 nitrogen and oxygen atoms in total. The highest BCUT2D eigenvalue weighted by Gasteiger charge is 2.71. The number of carbonyl (C=O) groups excluding carboxylic acids is 1. The van der Waals surface area contributed by atoms with Gasteiger partial charge < -0.3 is 20.1 Å². The molecule has 1 saturated carbocycles. The SMILES string of the molecule is CCC1(C(=O)O)C(=O)CC(C)(O)C(CC)(C(=O)O)C1c1cccc(OC)c1. The van der Waals surface area contributed by atoms with E-state index in [2.05, 4.69) is 0 Å². The van der Waals surface area contributed by atoms with Gasteiger partial charge in [0, 0.05) is 12.3 Å². The molecular weight excluding hydrogens is 352 g/mol. The Labute approximate surface area is 158 Å². The van der Waals surface area contributed by atoms with Crippen LogP contribution in [0.4, 0.5) is 0 Å². The van der Waals surface area contributed by atoms with E-state index in [1.807, 2.05) is 0 Å². The van der Waals surface area contributed by atoms with Crippen LogP contribution >= 0.6 is 0 Å².